The molecule has 6 atom stereocenters. The van der Waals surface area contributed by atoms with Crippen molar-refractivity contribution in [2.24, 2.45) is 5.92 Å². The number of methoxy groups -OCH3 is 1. The summed E-state index contributed by atoms with van der Waals surface area (Å²) in [6, 6.07) is 0.576. The van der Waals surface area contributed by atoms with Crippen molar-refractivity contribution >= 4 is 26.1 Å². The molecule has 0 aromatic carbocycles. The van der Waals surface area contributed by atoms with Gasteiger partial charge < -0.3 is 28.1 Å². The lowest BCUT2D eigenvalue weighted by molar-refractivity contribution is -0.0161. The largest absolute Gasteiger partial charge is 0.377 e. The number of rotatable bonds is 9. The molecule has 1 aliphatic carbocycles. The van der Waals surface area contributed by atoms with Crippen LogP contribution in [0.15, 0.2) is 33.7 Å². The number of hydrogen-bond donors (Lipinski definition) is 3. The Hall–Kier alpha value is -0.940. The molecular weight excluding hydrogens is 458 g/mol. The molecule has 1 saturated carbocycles. The summed E-state index contributed by atoms with van der Waals surface area (Å²) in [5.74, 6) is 0.419. The molecule has 170 valence electrons. The highest BCUT2D eigenvalue weighted by Crippen LogP contribution is 2.52. The van der Waals surface area contributed by atoms with Gasteiger partial charge in [-0.25, -0.2) is 4.79 Å². The second-order valence-corrected chi connectivity index (χ2v) is 11.5. The molecule has 3 N–H and O–H groups in total. The minimum Gasteiger partial charge on any atom is -0.377 e. The Morgan fingerprint density at radius 3 is 2.50 bits per heavy atom. The average molecular weight is 484 g/mol. The molecule has 0 aliphatic heterocycles. The molecule has 30 heavy (non-hydrogen) atoms. The van der Waals surface area contributed by atoms with Gasteiger partial charge in [0.15, 0.2) is 0 Å². The molecule has 1 aromatic heterocycles. The summed E-state index contributed by atoms with van der Waals surface area (Å²) in [5, 5.41) is 0. The molecule has 0 spiro atoms. The minimum atomic E-state index is -3.97. The van der Waals surface area contributed by atoms with Crippen molar-refractivity contribution in [2.45, 2.75) is 44.6 Å². The van der Waals surface area contributed by atoms with Gasteiger partial charge in [-0.05, 0) is 32.1 Å². The fourth-order valence-electron chi connectivity index (χ4n) is 3.31. The summed E-state index contributed by atoms with van der Waals surface area (Å²) in [6.07, 6.45) is 0.873. The number of ether oxygens (including phenoxy) is 1. The number of H-pyrrole nitrogens is 1. The maximum absolute atomic E-state index is 12.3. The first kappa shape index (κ1) is 25.3. The maximum atomic E-state index is 12.3. The van der Waals surface area contributed by atoms with Gasteiger partial charge in [-0.2, -0.15) is 0 Å². The molecular formula is C16H26N2O9P2S. The molecule has 11 nitrogen and oxygen atoms in total. The summed E-state index contributed by atoms with van der Waals surface area (Å²) in [6.45, 7) is -0.315. The van der Waals surface area contributed by atoms with E-state index in [-0.39, 0.29) is 6.42 Å². The van der Waals surface area contributed by atoms with Crippen LogP contribution in [-0.4, -0.2) is 51.9 Å². The number of nitrogens with one attached hydrogen (secondary N) is 1. The van der Waals surface area contributed by atoms with E-state index in [1.165, 1.54) is 30.0 Å². The molecule has 1 aliphatic rings. The molecule has 0 saturated heterocycles. The average Bonchev–Trinajstić information content (AvgIpc) is 2.95. The SMILES string of the molecule is CO[C@H]1C(n2ccc(=O)[nH]c2=O)C[C@H](/C=C/P(=O)(O)OC)[C@H]1OP(O)(=S)OC(C)C. The third-order valence-electron chi connectivity index (χ3n) is 4.50. The fourth-order valence-corrected chi connectivity index (χ4v) is 5.85. The molecule has 1 fully saturated rings. The first-order chi connectivity index (χ1) is 13.9. The second-order valence-electron chi connectivity index (χ2n) is 6.97. The monoisotopic (exact) mass is 484 g/mol. The molecule has 14 heteroatoms. The Balaban J connectivity index is 2.46. The lowest BCUT2D eigenvalue weighted by Crippen LogP contribution is -2.38. The summed E-state index contributed by atoms with van der Waals surface area (Å²) in [7, 11) is -1.47. The molecule has 2 rings (SSSR count). The van der Waals surface area contributed by atoms with Crippen LogP contribution in [-0.2, 0) is 34.7 Å². The predicted molar refractivity (Wildman–Crippen MR) is 113 cm³/mol. The number of nitrogens with zero attached hydrogens (tertiary/aromatic N) is 1. The van der Waals surface area contributed by atoms with Gasteiger partial charge in [0.25, 0.3) is 5.56 Å². The lowest BCUT2D eigenvalue weighted by Gasteiger charge is -2.29. The van der Waals surface area contributed by atoms with E-state index in [4.69, 9.17) is 25.6 Å². The van der Waals surface area contributed by atoms with Crippen molar-refractivity contribution in [3.8, 4) is 0 Å². The normalized spacial score (nSPS) is 28.6. The van der Waals surface area contributed by atoms with Crippen LogP contribution in [0.1, 0.15) is 26.3 Å². The van der Waals surface area contributed by atoms with E-state index in [1.54, 1.807) is 13.8 Å². The molecule has 0 amide bonds. The Bertz CT molecular complexity index is 976. The Morgan fingerprint density at radius 2 is 1.97 bits per heavy atom. The van der Waals surface area contributed by atoms with Gasteiger partial charge in [0.1, 0.15) is 12.2 Å². The third kappa shape index (κ3) is 6.53. The number of aromatic amines is 1. The van der Waals surface area contributed by atoms with Crippen LogP contribution in [0.5, 0.6) is 0 Å². The van der Waals surface area contributed by atoms with E-state index < -0.39 is 55.8 Å². The van der Waals surface area contributed by atoms with Gasteiger partial charge in [0.2, 0.25) is 0 Å². The van der Waals surface area contributed by atoms with Crippen molar-refractivity contribution in [1.29, 1.82) is 0 Å². The Kier molecular flexibility index (Phi) is 8.54. The molecule has 3 unspecified atom stereocenters. The van der Waals surface area contributed by atoms with E-state index in [1.807, 2.05) is 0 Å². The van der Waals surface area contributed by atoms with E-state index >= 15 is 0 Å². The van der Waals surface area contributed by atoms with Crippen molar-refractivity contribution in [3.63, 3.8) is 0 Å². The maximum Gasteiger partial charge on any atom is 0.351 e. The van der Waals surface area contributed by atoms with E-state index in [0.717, 1.165) is 12.9 Å². The first-order valence-corrected chi connectivity index (χ1v) is 13.2. The van der Waals surface area contributed by atoms with Gasteiger partial charge in [0, 0.05) is 38.2 Å². The van der Waals surface area contributed by atoms with Crippen molar-refractivity contribution in [3.05, 3.63) is 45.0 Å². The summed E-state index contributed by atoms with van der Waals surface area (Å²) >= 11 is 5.09. The highest BCUT2D eigenvalue weighted by molar-refractivity contribution is 8.07. The minimum absolute atomic E-state index is 0.229. The van der Waals surface area contributed by atoms with Crippen LogP contribution in [0, 0.1) is 5.92 Å². The topological polar surface area (TPSA) is 149 Å². The smallest absolute Gasteiger partial charge is 0.351 e. The molecule has 0 bridgehead atoms. The molecule has 1 heterocycles. The zero-order valence-electron chi connectivity index (χ0n) is 16.9. The van der Waals surface area contributed by atoms with Crippen LogP contribution in [0.3, 0.4) is 0 Å². The van der Waals surface area contributed by atoms with Crippen LogP contribution >= 0.6 is 14.3 Å². The number of hydrogen-bond acceptors (Lipinski definition) is 8. The summed E-state index contributed by atoms with van der Waals surface area (Å²) in [5.41, 5.74) is -1.20. The van der Waals surface area contributed by atoms with E-state index in [9.17, 15) is 23.9 Å². The summed E-state index contributed by atoms with van der Waals surface area (Å²) < 4.78 is 34.3. The molecule has 0 radical (unpaired) electrons. The van der Waals surface area contributed by atoms with Crippen molar-refractivity contribution < 1.29 is 32.7 Å². The van der Waals surface area contributed by atoms with Crippen molar-refractivity contribution in [1.82, 2.24) is 9.55 Å². The van der Waals surface area contributed by atoms with Gasteiger partial charge in [-0.1, -0.05) is 6.08 Å². The first-order valence-electron chi connectivity index (χ1n) is 9.00. The standard InChI is InChI=1S/C16H26N2O9P2S/c1-10(2)26-29(23,30)27-14-11(6-8-28(21,22)25-4)9-12(15(14)24-3)18-7-5-13(19)17-16(18)20/h5-8,10-12,14-15H,9H2,1-4H3,(H,21,22)(H,23,30)(H,17,19,20)/b8-6+/t11-,12?,14+,15-,29?/m0/s1. The van der Waals surface area contributed by atoms with Crippen LogP contribution < -0.4 is 11.2 Å². The Morgan fingerprint density at radius 1 is 1.30 bits per heavy atom. The van der Waals surface area contributed by atoms with Crippen LogP contribution in [0.2, 0.25) is 0 Å². The fraction of sp³-hybridized carbons (Fsp3) is 0.625. The van der Waals surface area contributed by atoms with Gasteiger partial charge in [-0.3, -0.25) is 18.9 Å². The van der Waals surface area contributed by atoms with E-state index in [2.05, 4.69) is 9.51 Å². The summed E-state index contributed by atoms with van der Waals surface area (Å²) in [4.78, 5) is 46.0. The molecule has 1 aromatic rings. The van der Waals surface area contributed by atoms with Crippen LogP contribution in [0.4, 0.5) is 0 Å². The van der Waals surface area contributed by atoms with Crippen molar-refractivity contribution in [2.75, 3.05) is 14.2 Å². The zero-order chi connectivity index (χ0) is 22.7. The van der Waals surface area contributed by atoms with Gasteiger partial charge in [-0.15, -0.1) is 0 Å². The van der Waals surface area contributed by atoms with Gasteiger partial charge in [0.05, 0.1) is 12.1 Å². The second kappa shape index (κ2) is 10.1. The highest BCUT2D eigenvalue weighted by atomic mass is 32.5. The van der Waals surface area contributed by atoms with Gasteiger partial charge >= 0.3 is 20.0 Å². The lowest BCUT2D eigenvalue weighted by atomic mass is 10.1. The predicted octanol–water partition coefficient (Wildman–Crippen LogP) is 1.49. The zero-order valence-corrected chi connectivity index (χ0v) is 19.5. The third-order valence-corrected chi connectivity index (χ3v) is 7.29. The quantitative estimate of drug-likeness (QED) is 0.440. The van der Waals surface area contributed by atoms with Crippen LogP contribution in [0.25, 0.3) is 0 Å². The highest BCUT2D eigenvalue weighted by Gasteiger charge is 2.47. The van der Waals surface area contributed by atoms with E-state index in [0.29, 0.717) is 0 Å². The number of aromatic nitrogens is 2. The Labute approximate surface area is 178 Å².